The van der Waals surface area contributed by atoms with E-state index in [1.807, 2.05) is 20.0 Å². The minimum atomic E-state index is -1.23. The minimum absolute atomic E-state index is 0.177. The number of nitrogens with zero attached hydrogens (tertiary/aromatic N) is 6. The maximum absolute atomic E-state index is 12.9. The summed E-state index contributed by atoms with van der Waals surface area (Å²) < 4.78 is 5.71. The fourth-order valence-corrected chi connectivity index (χ4v) is 3.13. The van der Waals surface area contributed by atoms with E-state index in [9.17, 15) is 14.4 Å². The highest BCUT2D eigenvalue weighted by Gasteiger charge is 2.44. The molecule has 2 aliphatic rings. The molecule has 4 heterocycles. The van der Waals surface area contributed by atoms with Crippen LogP contribution in [0, 0.1) is 6.92 Å². The number of fused-ring (bicyclic) bond motifs is 1. The average molecular weight is 458 g/mol. The van der Waals surface area contributed by atoms with E-state index in [0.29, 0.717) is 24.6 Å². The highest BCUT2D eigenvalue weighted by molar-refractivity contribution is 6.08. The first-order valence-corrected chi connectivity index (χ1v) is 10.3. The normalized spacial score (nSPS) is 18.8. The fourth-order valence-electron chi connectivity index (χ4n) is 3.13. The summed E-state index contributed by atoms with van der Waals surface area (Å²) >= 11 is 0. The number of anilines is 1. The van der Waals surface area contributed by atoms with Gasteiger partial charge in [0.1, 0.15) is 17.6 Å². The van der Waals surface area contributed by atoms with Gasteiger partial charge in [-0.25, -0.2) is 24.5 Å². The molecular formula is C21H26N6O6. The summed E-state index contributed by atoms with van der Waals surface area (Å²) in [5, 5.41) is 15.8. The number of aliphatic carboxylic acids is 1. The number of ether oxygens (including phenoxy) is 1. The van der Waals surface area contributed by atoms with Crippen molar-refractivity contribution in [2.45, 2.75) is 26.2 Å². The summed E-state index contributed by atoms with van der Waals surface area (Å²) in [5.41, 5.74) is 1.47. The molecule has 0 unspecified atom stereocenters. The van der Waals surface area contributed by atoms with Gasteiger partial charge in [-0.05, 0) is 32.5 Å². The van der Waals surface area contributed by atoms with Crippen LogP contribution in [0.4, 0.5) is 10.6 Å². The van der Waals surface area contributed by atoms with E-state index in [2.05, 4.69) is 19.9 Å². The maximum Gasteiger partial charge on any atom is 0.412 e. The SMILES string of the molecule is C[C@@H](O)C(=O)O.Cc1ccc(N2C(=O)c3nccnc3[C@@H]2OC(=O)N2CCN(C)CC2)nc1. The summed E-state index contributed by atoms with van der Waals surface area (Å²) in [6.07, 6.45) is 1.90. The number of hydrogen-bond donors (Lipinski definition) is 2. The number of carboxylic acid groups (broad SMARTS) is 1. The van der Waals surface area contributed by atoms with Crippen molar-refractivity contribution in [1.29, 1.82) is 0 Å². The Balaban J connectivity index is 0.000000454. The van der Waals surface area contributed by atoms with Gasteiger partial charge in [0.25, 0.3) is 5.91 Å². The Kier molecular flexibility index (Phi) is 7.51. The van der Waals surface area contributed by atoms with Gasteiger partial charge in [0.2, 0.25) is 6.23 Å². The quantitative estimate of drug-likeness (QED) is 0.672. The zero-order valence-corrected chi connectivity index (χ0v) is 18.6. The highest BCUT2D eigenvalue weighted by atomic mass is 16.6. The van der Waals surface area contributed by atoms with Crippen molar-refractivity contribution in [3.63, 3.8) is 0 Å². The molecule has 176 valence electrons. The Hall–Kier alpha value is -3.64. The van der Waals surface area contributed by atoms with Crippen LogP contribution in [-0.4, -0.2) is 92.3 Å². The van der Waals surface area contributed by atoms with Gasteiger partial charge < -0.3 is 24.7 Å². The van der Waals surface area contributed by atoms with E-state index >= 15 is 0 Å². The number of aliphatic hydroxyl groups excluding tert-OH is 1. The Morgan fingerprint density at radius 2 is 1.76 bits per heavy atom. The van der Waals surface area contributed by atoms with Gasteiger partial charge >= 0.3 is 12.1 Å². The molecule has 2 aromatic rings. The lowest BCUT2D eigenvalue weighted by Crippen LogP contribution is -2.48. The Bertz CT molecular complexity index is 1010. The summed E-state index contributed by atoms with van der Waals surface area (Å²) in [5.74, 6) is -1.18. The number of carbonyl (C=O) groups is 3. The molecule has 2 atom stereocenters. The monoisotopic (exact) mass is 458 g/mol. The number of piperazine rings is 1. The molecule has 0 aliphatic carbocycles. The molecule has 0 radical (unpaired) electrons. The molecular weight excluding hydrogens is 432 g/mol. The van der Waals surface area contributed by atoms with E-state index < -0.39 is 24.4 Å². The van der Waals surface area contributed by atoms with Gasteiger partial charge in [0.15, 0.2) is 5.69 Å². The molecule has 0 aromatic carbocycles. The molecule has 33 heavy (non-hydrogen) atoms. The summed E-state index contributed by atoms with van der Waals surface area (Å²) in [6.45, 7) is 5.81. The smallest absolute Gasteiger partial charge is 0.412 e. The Morgan fingerprint density at radius 1 is 1.12 bits per heavy atom. The molecule has 1 fully saturated rings. The second-order valence-corrected chi connectivity index (χ2v) is 7.70. The van der Waals surface area contributed by atoms with Crippen LogP contribution >= 0.6 is 0 Å². The molecule has 4 rings (SSSR count). The fraction of sp³-hybridized carbons (Fsp3) is 0.429. The van der Waals surface area contributed by atoms with Crippen LogP contribution in [-0.2, 0) is 9.53 Å². The number of amides is 2. The van der Waals surface area contributed by atoms with Crippen LogP contribution < -0.4 is 4.90 Å². The lowest BCUT2D eigenvalue weighted by atomic mass is 10.3. The summed E-state index contributed by atoms with van der Waals surface area (Å²) in [4.78, 5) is 52.8. The van der Waals surface area contributed by atoms with E-state index in [1.165, 1.54) is 24.2 Å². The molecule has 2 aromatic heterocycles. The Morgan fingerprint density at radius 3 is 2.33 bits per heavy atom. The number of hydrogen-bond acceptors (Lipinski definition) is 9. The Labute approximate surface area is 190 Å². The minimum Gasteiger partial charge on any atom is -0.479 e. The average Bonchev–Trinajstić information content (AvgIpc) is 3.07. The number of carboxylic acids is 1. The second-order valence-electron chi connectivity index (χ2n) is 7.70. The van der Waals surface area contributed by atoms with Crippen LogP contribution in [0.1, 0.15) is 34.9 Å². The van der Waals surface area contributed by atoms with Gasteiger partial charge in [-0.1, -0.05) is 6.07 Å². The van der Waals surface area contributed by atoms with Crippen molar-refractivity contribution in [1.82, 2.24) is 24.8 Å². The first kappa shape index (κ1) is 24.0. The maximum atomic E-state index is 12.9. The van der Waals surface area contributed by atoms with Gasteiger partial charge in [-0.2, -0.15) is 0 Å². The molecule has 2 amide bonds. The topological polar surface area (TPSA) is 149 Å². The van der Waals surface area contributed by atoms with Crippen LogP contribution in [0.5, 0.6) is 0 Å². The number of aryl methyl sites for hydroxylation is 1. The predicted octanol–water partition coefficient (Wildman–Crippen LogP) is 0.675. The van der Waals surface area contributed by atoms with Crippen LogP contribution in [0.2, 0.25) is 0 Å². The lowest BCUT2D eigenvalue weighted by molar-refractivity contribution is -0.145. The number of pyridine rings is 1. The lowest BCUT2D eigenvalue weighted by Gasteiger charge is -2.33. The number of aliphatic hydroxyl groups is 1. The summed E-state index contributed by atoms with van der Waals surface area (Å²) in [6, 6.07) is 3.56. The van der Waals surface area contributed by atoms with Gasteiger partial charge in [0, 0.05) is 44.8 Å². The van der Waals surface area contributed by atoms with Crippen LogP contribution in [0.3, 0.4) is 0 Å². The number of rotatable bonds is 3. The number of aromatic nitrogens is 3. The van der Waals surface area contributed by atoms with Crippen molar-refractivity contribution in [2.75, 3.05) is 38.1 Å². The third-order valence-corrected chi connectivity index (χ3v) is 5.09. The van der Waals surface area contributed by atoms with E-state index in [1.54, 1.807) is 17.2 Å². The third-order valence-electron chi connectivity index (χ3n) is 5.09. The van der Waals surface area contributed by atoms with Gasteiger partial charge in [0.05, 0.1) is 0 Å². The van der Waals surface area contributed by atoms with E-state index in [0.717, 1.165) is 18.7 Å². The number of likely N-dealkylation sites (N-methyl/N-ethyl adjacent to an activating group) is 1. The van der Waals surface area contributed by atoms with E-state index in [-0.39, 0.29) is 11.6 Å². The first-order valence-electron chi connectivity index (χ1n) is 10.3. The third kappa shape index (κ3) is 5.59. The van der Waals surface area contributed by atoms with Gasteiger partial charge in [-0.3, -0.25) is 9.78 Å². The molecule has 1 saturated heterocycles. The zero-order chi connectivity index (χ0) is 24.1. The van der Waals surface area contributed by atoms with Crippen molar-refractivity contribution >= 4 is 23.8 Å². The van der Waals surface area contributed by atoms with Crippen molar-refractivity contribution in [3.8, 4) is 0 Å². The van der Waals surface area contributed by atoms with Crippen LogP contribution in [0.25, 0.3) is 0 Å². The summed E-state index contributed by atoms with van der Waals surface area (Å²) in [7, 11) is 2.01. The van der Waals surface area contributed by atoms with Crippen molar-refractivity contribution < 1.29 is 29.3 Å². The first-order chi connectivity index (χ1) is 15.7. The van der Waals surface area contributed by atoms with Gasteiger partial charge in [-0.15, -0.1) is 0 Å². The molecule has 0 bridgehead atoms. The molecule has 0 saturated carbocycles. The second kappa shape index (κ2) is 10.3. The molecule has 12 heteroatoms. The largest absolute Gasteiger partial charge is 0.479 e. The predicted molar refractivity (Wildman–Crippen MR) is 115 cm³/mol. The number of carbonyl (C=O) groups excluding carboxylic acids is 2. The van der Waals surface area contributed by atoms with Crippen molar-refractivity contribution in [3.05, 3.63) is 47.7 Å². The molecule has 0 spiro atoms. The van der Waals surface area contributed by atoms with Crippen molar-refractivity contribution in [2.24, 2.45) is 0 Å². The molecule has 2 N–H and O–H groups in total. The molecule has 2 aliphatic heterocycles. The van der Waals surface area contributed by atoms with Crippen LogP contribution in [0.15, 0.2) is 30.7 Å². The van der Waals surface area contributed by atoms with E-state index in [4.69, 9.17) is 14.9 Å². The zero-order valence-electron chi connectivity index (χ0n) is 18.6. The standard InChI is InChI=1S/C18H20N6O3.C3H6O3/c1-12-3-4-13(21-11-12)24-16(25)14-15(20-6-5-19-14)17(24)27-18(26)23-9-7-22(2)8-10-23;1-2(4)3(5)6/h3-6,11,17H,7-10H2,1-2H3;2,4H,1H3,(H,5,6)/t17-;2-/m01/s1. The highest BCUT2D eigenvalue weighted by Crippen LogP contribution is 2.35. The molecule has 12 nitrogen and oxygen atoms in total.